The van der Waals surface area contributed by atoms with E-state index in [0.717, 1.165) is 10.8 Å². The molecule has 1 aromatic heterocycles. The lowest BCUT2D eigenvalue weighted by molar-refractivity contribution is -0.137. The molecule has 7 unspecified atom stereocenters. The maximum absolute atomic E-state index is 12.6. The van der Waals surface area contributed by atoms with Gasteiger partial charge in [-0.25, -0.2) is 32.2 Å². The maximum atomic E-state index is 12.6. The van der Waals surface area contributed by atoms with Crippen LogP contribution in [0.1, 0.15) is 78.0 Å². The normalized spacial score (nSPS) is 23.5. The summed E-state index contributed by atoms with van der Waals surface area (Å²) in [5.74, 6) is -0.255. The minimum absolute atomic E-state index is 0.0625. The van der Waals surface area contributed by atoms with Crippen LogP contribution >= 0.6 is 46.9 Å². The van der Waals surface area contributed by atoms with Gasteiger partial charge in [0.25, 0.3) is 5.56 Å². The van der Waals surface area contributed by atoms with E-state index in [4.69, 9.17) is 15.2 Å². The Morgan fingerprint density at radius 2 is 1.33 bits per heavy atom. The number of ether oxygens (including phenoxy) is 2. The SMILES string of the molecule is Cc1cn([C@H]2C[C@@H](O)C(COP(=O)(O)OP(=O)(O)OP(=O)(O)OP(=O)(O)OP(=O)(O)OP(=O)(O)OCCCCCCNC(=O)C(C)(C)COC(C)(C)CCN)O2)c(=O)[nH]c1=O. The van der Waals surface area contributed by atoms with E-state index in [1.54, 1.807) is 13.8 Å². The lowest BCUT2D eigenvalue weighted by atomic mass is 9.92. The Kier molecular flexibility index (Phi) is 20.5. The van der Waals surface area contributed by atoms with Gasteiger partial charge < -0.3 is 55.0 Å². The number of aliphatic hydroxyl groups is 1. The summed E-state index contributed by atoms with van der Waals surface area (Å²) in [4.78, 5) is 96.7. The second kappa shape index (κ2) is 22.4. The van der Waals surface area contributed by atoms with Gasteiger partial charge in [-0.3, -0.25) is 28.2 Å². The fourth-order valence-electron chi connectivity index (χ4n) is 4.83. The van der Waals surface area contributed by atoms with E-state index < -0.39 is 101 Å². The molecule has 9 atom stereocenters. The average molecular weight is 1010 g/mol. The molecule has 0 spiro atoms. The number of hydrogen-bond acceptors (Lipinski definition) is 20. The topological polar surface area (TPSA) is 437 Å². The van der Waals surface area contributed by atoms with Gasteiger partial charge in [0, 0.05) is 24.7 Å². The zero-order valence-electron chi connectivity index (χ0n) is 33.3. The molecule has 0 aromatic carbocycles. The minimum Gasteiger partial charge on any atom is -0.390 e. The Morgan fingerprint density at radius 3 is 1.85 bits per heavy atom. The Morgan fingerprint density at radius 1 is 0.836 bits per heavy atom. The van der Waals surface area contributed by atoms with E-state index >= 15 is 0 Å². The van der Waals surface area contributed by atoms with Crippen LogP contribution < -0.4 is 22.3 Å². The van der Waals surface area contributed by atoms with Gasteiger partial charge >= 0.3 is 52.6 Å². The van der Waals surface area contributed by atoms with Crippen molar-refractivity contribution < 1.29 is 107 Å². The molecule has 1 aliphatic heterocycles. The molecule has 2 heterocycles. The molecule has 1 amide bonds. The van der Waals surface area contributed by atoms with Crippen LogP contribution in [0.3, 0.4) is 0 Å². The van der Waals surface area contributed by atoms with Crippen LogP contribution in [0.2, 0.25) is 0 Å². The largest absolute Gasteiger partial charge is 0.490 e. The molecule has 0 aliphatic carbocycles. The van der Waals surface area contributed by atoms with Crippen molar-refractivity contribution in [2.45, 2.75) is 97.2 Å². The molecule has 0 bridgehead atoms. The molecule has 29 nitrogen and oxygen atoms in total. The van der Waals surface area contributed by atoms with Crippen molar-refractivity contribution in [1.29, 1.82) is 0 Å². The highest BCUT2D eigenvalue weighted by atomic mass is 31.3. The fraction of sp³-hybridized carbons (Fsp3) is 0.808. The molecule has 35 heteroatoms. The lowest BCUT2D eigenvalue weighted by Crippen LogP contribution is -2.42. The number of unbranched alkanes of at least 4 members (excludes halogenated alkanes) is 3. The van der Waals surface area contributed by atoms with E-state index in [1.165, 1.54) is 6.92 Å². The van der Waals surface area contributed by atoms with Gasteiger partial charge in [-0.2, -0.15) is 21.6 Å². The molecule has 1 saturated heterocycles. The molecule has 61 heavy (non-hydrogen) atoms. The third kappa shape index (κ3) is 20.7. The second-order valence-corrected chi connectivity index (χ2v) is 23.8. The molecule has 1 aliphatic rings. The summed E-state index contributed by atoms with van der Waals surface area (Å²) in [7, 11) is -36.9. The molecular weight excluding hydrogens is 954 g/mol. The van der Waals surface area contributed by atoms with Crippen LogP contribution in [0.25, 0.3) is 0 Å². The average Bonchev–Trinajstić information content (AvgIpc) is 3.42. The van der Waals surface area contributed by atoms with Gasteiger partial charge in [-0.15, -0.1) is 0 Å². The number of aromatic nitrogens is 2. The Hall–Kier alpha value is -1.15. The number of carbonyl (C=O) groups is 1. The van der Waals surface area contributed by atoms with Crippen molar-refractivity contribution >= 4 is 52.8 Å². The van der Waals surface area contributed by atoms with Crippen LogP contribution in [-0.4, -0.2) is 101 Å². The van der Waals surface area contributed by atoms with Crippen molar-refractivity contribution in [3.05, 3.63) is 32.6 Å². The summed E-state index contributed by atoms with van der Waals surface area (Å²) in [6.07, 6.45) is -1.49. The first-order valence-electron chi connectivity index (χ1n) is 17.7. The summed E-state index contributed by atoms with van der Waals surface area (Å²) in [6, 6.07) is 0. The number of aliphatic hydroxyl groups excluding tert-OH is 1. The number of nitrogens with two attached hydrogens (primary N) is 1. The van der Waals surface area contributed by atoms with E-state index in [0.29, 0.717) is 32.2 Å². The standard InChI is InChI=1S/C26H52N4O25P6/c1-18-15-30(24(34)29-22(18)32)21-14-19(31)20(50-21)16-49-57(37,38)52-59(41,42)54-61(45,46)55-60(43,44)53-58(39,40)51-56(35,36)48-13-9-7-6-8-12-28-23(33)25(2,3)17-47-26(4,5)10-11-27/h15,19-21,31H,6-14,16-17,27H2,1-5H3,(H,28,33)(H,35,36)(H,37,38)(H,39,40)(H,41,42)(H,43,44)(H,45,46)(H,29,32,34)/t19-,20?,21-/m1/s1. The molecular formula is C26H52N4O25P6. The number of aromatic amines is 1. The molecule has 1 aromatic rings. The predicted molar refractivity (Wildman–Crippen MR) is 206 cm³/mol. The molecule has 11 N–H and O–H groups in total. The summed E-state index contributed by atoms with van der Waals surface area (Å²) in [6.45, 7) is 7.68. The van der Waals surface area contributed by atoms with Crippen LogP contribution in [0.5, 0.6) is 0 Å². The monoisotopic (exact) mass is 1010 g/mol. The maximum Gasteiger partial charge on any atom is 0.490 e. The van der Waals surface area contributed by atoms with Crippen molar-refractivity contribution in [2.24, 2.45) is 11.1 Å². The summed E-state index contributed by atoms with van der Waals surface area (Å²) in [5, 5.41) is 13.0. The fourth-order valence-corrected chi connectivity index (χ4v) is 12.7. The van der Waals surface area contributed by atoms with Crippen molar-refractivity contribution in [2.75, 3.05) is 32.9 Å². The van der Waals surface area contributed by atoms with Gasteiger partial charge in [0.1, 0.15) is 12.3 Å². The number of aryl methyl sites for hydroxylation is 1. The predicted octanol–water partition coefficient (Wildman–Crippen LogP) is 2.06. The van der Waals surface area contributed by atoms with Crippen LogP contribution in [0.15, 0.2) is 15.8 Å². The number of nitrogens with one attached hydrogen (secondary N) is 2. The van der Waals surface area contributed by atoms with Crippen LogP contribution in [-0.2, 0) is 72.3 Å². The minimum atomic E-state index is -6.49. The van der Waals surface area contributed by atoms with E-state index in [2.05, 4.69) is 35.9 Å². The van der Waals surface area contributed by atoms with Crippen LogP contribution in [0, 0.1) is 12.3 Å². The number of rotatable bonds is 28. The first kappa shape index (κ1) is 56.0. The van der Waals surface area contributed by atoms with Gasteiger partial charge in [-0.1, -0.05) is 12.8 Å². The molecule has 2 rings (SSSR count). The third-order valence-electron chi connectivity index (χ3n) is 7.89. The molecule has 356 valence electrons. The molecule has 0 saturated carbocycles. The summed E-state index contributed by atoms with van der Waals surface area (Å²) < 4.78 is 113. The summed E-state index contributed by atoms with van der Waals surface area (Å²) in [5.41, 5.74) is 2.67. The Bertz CT molecular complexity index is 2080. The number of H-pyrrole nitrogens is 1. The highest BCUT2D eigenvalue weighted by Gasteiger charge is 2.50. The van der Waals surface area contributed by atoms with Gasteiger partial charge in [-0.05, 0) is 60.4 Å². The Balaban J connectivity index is 1.80. The smallest absolute Gasteiger partial charge is 0.390 e. The third-order valence-corrected chi connectivity index (χ3v) is 17.1. The van der Waals surface area contributed by atoms with Crippen molar-refractivity contribution in [3.63, 3.8) is 0 Å². The molecule has 1 fully saturated rings. The molecule has 0 radical (unpaired) electrons. The zero-order valence-corrected chi connectivity index (χ0v) is 38.6. The number of phosphoric ester groups is 2. The van der Waals surface area contributed by atoms with E-state index in [-0.39, 0.29) is 37.5 Å². The van der Waals surface area contributed by atoms with Gasteiger partial charge in [0.15, 0.2) is 0 Å². The first-order valence-corrected chi connectivity index (χ1v) is 26.7. The van der Waals surface area contributed by atoms with Gasteiger partial charge in [0.2, 0.25) is 5.91 Å². The number of phosphoric acid groups is 6. The number of hydrogen-bond donors (Lipinski definition) is 10. The zero-order chi connectivity index (χ0) is 46.9. The Labute approximate surface area is 347 Å². The lowest BCUT2D eigenvalue weighted by Gasteiger charge is -2.31. The van der Waals surface area contributed by atoms with Gasteiger partial charge in [0.05, 0.1) is 36.9 Å². The number of amides is 1. The second-order valence-electron chi connectivity index (χ2n) is 14.4. The van der Waals surface area contributed by atoms with Crippen molar-refractivity contribution in [3.8, 4) is 0 Å². The first-order chi connectivity index (χ1) is 27.6. The van der Waals surface area contributed by atoms with Crippen molar-refractivity contribution in [1.82, 2.24) is 14.9 Å². The van der Waals surface area contributed by atoms with E-state index in [9.17, 15) is 76.2 Å². The quantitative estimate of drug-likeness (QED) is 0.0424. The highest BCUT2D eigenvalue weighted by molar-refractivity contribution is 7.72. The number of nitrogens with zero attached hydrogens (tertiary/aromatic N) is 1. The number of carbonyl (C=O) groups excluding carboxylic acids is 1. The van der Waals surface area contributed by atoms with Crippen LogP contribution in [0.4, 0.5) is 0 Å². The summed E-state index contributed by atoms with van der Waals surface area (Å²) >= 11 is 0. The van der Waals surface area contributed by atoms with E-state index in [1.807, 2.05) is 18.8 Å². The highest BCUT2D eigenvalue weighted by Crippen LogP contribution is 2.75.